The summed E-state index contributed by atoms with van der Waals surface area (Å²) in [5.41, 5.74) is 1.76. The molecule has 0 aromatic heterocycles. The van der Waals surface area contributed by atoms with Gasteiger partial charge in [-0.3, -0.25) is 4.79 Å². The van der Waals surface area contributed by atoms with E-state index in [1.807, 2.05) is 54.6 Å². The Hall–Kier alpha value is -2.79. The third-order valence-electron chi connectivity index (χ3n) is 2.65. The first kappa shape index (κ1) is 13.6. The molecule has 2 nitrogen and oxygen atoms in total. The molecule has 20 heavy (non-hydrogen) atoms. The lowest BCUT2D eigenvalue weighted by Crippen LogP contribution is -1.86. The molecule has 2 rings (SSSR count). The van der Waals surface area contributed by atoms with Gasteiger partial charge in [-0.15, -0.1) is 0 Å². The van der Waals surface area contributed by atoms with Crippen LogP contribution < -0.4 is 4.74 Å². The smallest absolute Gasteiger partial charge is 0.229 e. The van der Waals surface area contributed by atoms with Crippen molar-refractivity contribution in [1.29, 1.82) is 0 Å². The molecule has 0 N–H and O–H groups in total. The predicted octanol–water partition coefficient (Wildman–Crippen LogP) is 3.33. The summed E-state index contributed by atoms with van der Waals surface area (Å²) < 4.78 is 5.07. The molecule has 0 aliphatic heterocycles. The van der Waals surface area contributed by atoms with Crippen LogP contribution in [0.3, 0.4) is 0 Å². The monoisotopic (exact) mass is 262 g/mol. The van der Waals surface area contributed by atoms with Gasteiger partial charge in [-0.25, -0.2) is 0 Å². The minimum Gasteiger partial charge on any atom is -0.497 e. The number of benzene rings is 2. The maximum absolute atomic E-state index is 11.6. The molecule has 0 spiro atoms. The quantitative estimate of drug-likeness (QED) is 0.626. The van der Waals surface area contributed by atoms with E-state index < -0.39 is 0 Å². The van der Waals surface area contributed by atoms with Crippen LogP contribution in [-0.4, -0.2) is 12.9 Å². The minimum absolute atomic E-state index is 0.218. The van der Waals surface area contributed by atoms with Gasteiger partial charge < -0.3 is 4.74 Å². The van der Waals surface area contributed by atoms with E-state index in [4.69, 9.17) is 4.74 Å². The number of carbonyl (C=O) groups is 1. The van der Waals surface area contributed by atoms with E-state index in [1.54, 1.807) is 13.2 Å². The molecule has 0 amide bonds. The van der Waals surface area contributed by atoms with E-state index in [1.165, 1.54) is 6.08 Å². The molecule has 98 valence electrons. The molecule has 0 radical (unpaired) electrons. The lowest BCUT2D eigenvalue weighted by atomic mass is 10.2. The van der Waals surface area contributed by atoms with Crippen LogP contribution in [0.1, 0.15) is 11.1 Å². The normalized spacial score (nSPS) is 9.85. The van der Waals surface area contributed by atoms with Gasteiger partial charge in [0.15, 0.2) is 0 Å². The second-order valence-electron chi connectivity index (χ2n) is 4.09. The second-order valence-corrected chi connectivity index (χ2v) is 4.09. The molecule has 0 aliphatic rings. The van der Waals surface area contributed by atoms with E-state index >= 15 is 0 Å². The van der Waals surface area contributed by atoms with E-state index in [2.05, 4.69) is 11.8 Å². The molecule has 0 atom stereocenters. The Morgan fingerprint density at radius 2 is 1.75 bits per heavy atom. The molecule has 0 aliphatic carbocycles. The fraction of sp³-hybridized carbons (Fsp3) is 0.0556. The van der Waals surface area contributed by atoms with Gasteiger partial charge in [0.2, 0.25) is 5.78 Å². The number of hydrogen-bond acceptors (Lipinski definition) is 2. The Morgan fingerprint density at radius 1 is 1.05 bits per heavy atom. The van der Waals surface area contributed by atoms with Crippen molar-refractivity contribution in [3.8, 4) is 17.6 Å². The summed E-state index contributed by atoms with van der Waals surface area (Å²) in [5.74, 6) is 5.99. The molecule has 0 fully saturated rings. The van der Waals surface area contributed by atoms with Crippen molar-refractivity contribution in [3.05, 3.63) is 71.8 Å². The van der Waals surface area contributed by atoms with E-state index in [0.29, 0.717) is 0 Å². The first-order valence-electron chi connectivity index (χ1n) is 6.21. The number of ketones is 1. The Labute approximate surface area is 118 Å². The van der Waals surface area contributed by atoms with Crippen molar-refractivity contribution in [3.63, 3.8) is 0 Å². The Bertz CT molecular complexity index is 656. The lowest BCUT2D eigenvalue weighted by molar-refractivity contribution is -0.109. The van der Waals surface area contributed by atoms with Crippen LogP contribution in [0.2, 0.25) is 0 Å². The Morgan fingerprint density at radius 3 is 2.40 bits per heavy atom. The Balaban J connectivity index is 2.00. The number of carbonyl (C=O) groups excluding carboxylic acids is 1. The number of ether oxygens (including phenoxy) is 1. The summed E-state index contributed by atoms with van der Waals surface area (Å²) in [7, 11) is 1.62. The van der Waals surface area contributed by atoms with E-state index in [-0.39, 0.29) is 5.78 Å². The van der Waals surface area contributed by atoms with Gasteiger partial charge in [-0.1, -0.05) is 42.3 Å². The van der Waals surface area contributed by atoms with Crippen molar-refractivity contribution < 1.29 is 9.53 Å². The molecule has 0 unspecified atom stereocenters. The van der Waals surface area contributed by atoms with Crippen LogP contribution >= 0.6 is 0 Å². The zero-order chi connectivity index (χ0) is 14.2. The number of methoxy groups -OCH3 is 1. The molecular weight excluding hydrogens is 248 g/mol. The first-order chi connectivity index (χ1) is 9.78. The van der Waals surface area contributed by atoms with Crippen molar-refractivity contribution in [1.82, 2.24) is 0 Å². The average molecular weight is 262 g/mol. The fourth-order valence-corrected chi connectivity index (χ4v) is 1.58. The summed E-state index contributed by atoms with van der Waals surface area (Å²) in [5, 5.41) is 0. The van der Waals surface area contributed by atoms with Gasteiger partial charge in [0.05, 0.1) is 7.11 Å². The summed E-state index contributed by atoms with van der Waals surface area (Å²) in [6, 6.07) is 16.9. The van der Waals surface area contributed by atoms with Crippen LogP contribution in [0, 0.1) is 11.8 Å². The van der Waals surface area contributed by atoms with Crippen LogP contribution in [0.15, 0.2) is 60.7 Å². The molecule has 0 heterocycles. The lowest BCUT2D eigenvalue weighted by Gasteiger charge is -1.98. The number of hydrogen-bond donors (Lipinski definition) is 0. The third kappa shape index (κ3) is 4.15. The van der Waals surface area contributed by atoms with Crippen LogP contribution in [0.5, 0.6) is 5.75 Å². The molecule has 2 aromatic rings. The fourth-order valence-electron chi connectivity index (χ4n) is 1.58. The summed E-state index contributed by atoms with van der Waals surface area (Å²) in [6.45, 7) is 0. The van der Waals surface area contributed by atoms with Crippen LogP contribution in [0.4, 0.5) is 0 Å². The second kappa shape index (κ2) is 6.96. The maximum Gasteiger partial charge on any atom is 0.229 e. The predicted molar refractivity (Wildman–Crippen MR) is 80.4 cm³/mol. The van der Waals surface area contributed by atoms with Crippen molar-refractivity contribution >= 4 is 11.9 Å². The van der Waals surface area contributed by atoms with Gasteiger partial charge in [0.1, 0.15) is 5.75 Å². The van der Waals surface area contributed by atoms with Crippen LogP contribution in [-0.2, 0) is 4.79 Å². The number of rotatable bonds is 3. The van der Waals surface area contributed by atoms with Gasteiger partial charge >= 0.3 is 0 Å². The van der Waals surface area contributed by atoms with E-state index in [0.717, 1.165) is 16.9 Å². The summed E-state index contributed by atoms with van der Waals surface area (Å²) >= 11 is 0. The molecule has 0 saturated heterocycles. The molecular formula is C18H14O2. The highest BCUT2D eigenvalue weighted by molar-refractivity contribution is 6.06. The average Bonchev–Trinajstić information content (AvgIpc) is 2.52. The Kier molecular flexibility index (Phi) is 4.75. The molecule has 2 aromatic carbocycles. The highest BCUT2D eigenvalue weighted by Gasteiger charge is 1.92. The van der Waals surface area contributed by atoms with Crippen molar-refractivity contribution in [2.45, 2.75) is 0 Å². The summed E-state index contributed by atoms with van der Waals surface area (Å²) in [6.07, 6.45) is 3.21. The van der Waals surface area contributed by atoms with Crippen molar-refractivity contribution in [2.24, 2.45) is 0 Å². The largest absolute Gasteiger partial charge is 0.497 e. The van der Waals surface area contributed by atoms with Gasteiger partial charge in [0.25, 0.3) is 0 Å². The van der Waals surface area contributed by atoms with Gasteiger partial charge in [0, 0.05) is 5.56 Å². The molecule has 0 saturated carbocycles. The van der Waals surface area contributed by atoms with Crippen LogP contribution in [0.25, 0.3) is 6.08 Å². The SMILES string of the molecule is COc1ccc(/C=C/C(=O)C#Cc2ccccc2)cc1. The summed E-state index contributed by atoms with van der Waals surface area (Å²) in [4.78, 5) is 11.6. The van der Waals surface area contributed by atoms with Gasteiger partial charge in [-0.2, -0.15) is 0 Å². The topological polar surface area (TPSA) is 26.3 Å². The zero-order valence-electron chi connectivity index (χ0n) is 11.2. The van der Waals surface area contributed by atoms with Crippen molar-refractivity contribution in [2.75, 3.05) is 7.11 Å². The standard InChI is InChI=1S/C18H14O2/c1-20-18-13-9-16(10-14-18)8-12-17(19)11-7-15-5-3-2-4-6-15/h2-6,8-10,12-14H,1H3/b12-8+. The first-order valence-corrected chi connectivity index (χ1v) is 6.21. The molecule has 0 bridgehead atoms. The number of allylic oxidation sites excluding steroid dienone is 1. The molecule has 2 heteroatoms. The highest BCUT2D eigenvalue weighted by Crippen LogP contribution is 2.12. The van der Waals surface area contributed by atoms with Gasteiger partial charge in [-0.05, 0) is 41.8 Å². The maximum atomic E-state index is 11.6. The minimum atomic E-state index is -0.218. The highest BCUT2D eigenvalue weighted by atomic mass is 16.5. The zero-order valence-corrected chi connectivity index (χ0v) is 11.2. The third-order valence-corrected chi connectivity index (χ3v) is 2.65. The van der Waals surface area contributed by atoms with E-state index in [9.17, 15) is 4.79 Å².